The van der Waals surface area contributed by atoms with Crippen molar-refractivity contribution in [3.05, 3.63) is 52.4 Å². The molecule has 1 aromatic carbocycles. The predicted octanol–water partition coefficient (Wildman–Crippen LogP) is 2.56. The topological polar surface area (TPSA) is 49.4 Å². The number of rotatable bonds is 5. The summed E-state index contributed by atoms with van der Waals surface area (Å²) in [4.78, 5) is 1.05. The maximum absolute atomic E-state index is 12.7. The smallest absolute Gasteiger partial charge is 0.253 e. The minimum Gasteiger partial charge on any atom is -0.312 e. The van der Waals surface area contributed by atoms with Gasteiger partial charge in [0.05, 0.1) is 0 Å². The number of hydrogen-bond donors (Lipinski definition) is 1. The second kappa shape index (κ2) is 5.88. The maximum atomic E-state index is 12.7. The van der Waals surface area contributed by atoms with E-state index < -0.39 is 10.0 Å². The Morgan fingerprint density at radius 2 is 1.81 bits per heavy atom. The molecular formula is C15H18N2O2S2. The Kier molecular flexibility index (Phi) is 4.12. The van der Waals surface area contributed by atoms with Crippen molar-refractivity contribution in [2.45, 2.75) is 30.8 Å². The molecule has 0 radical (unpaired) electrons. The highest BCUT2D eigenvalue weighted by atomic mass is 32.2. The Labute approximate surface area is 129 Å². The van der Waals surface area contributed by atoms with Crippen molar-refractivity contribution in [3.63, 3.8) is 0 Å². The number of benzene rings is 1. The van der Waals surface area contributed by atoms with E-state index in [-0.39, 0.29) is 0 Å². The molecule has 1 N–H and O–H groups in total. The molecule has 6 heteroatoms. The Morgan fingerprint density at radius 1 is 1.14 bits per heavy atom. The molecule has 4 nitrogen and oxygen atoms in total. The van der Waals surface area contributed by atoms with E-state index in [9.17, 15) is 8.42 Å². The number of thiophene rings is 1. The minimum absolute atomic E-state index is 0.434. The lowest BCUT2D eigenvalue weighted by atomic mass is 10.1. The Hall–Kier alpha value is -1.21. The molecule has 0 fully saturated rings. The van der Waals surface area contributed by atoms with Crippen LogP contribution in [0.15, 0.2) is 40.6 Å². The average molecular weight is 322 g/mol. The zero-order valence-electron chi connectivity index (χ0n) is 11.9. The van der Waals surface area contributed by atoms with Crippen molar-refractivity contribution in [2.24, 2.45) is 0 Å². The van der Waals surface area contributed by atoms with Gasteiger partial charge in [-0.1, -0.05) is 31.2 Å². The molecule has 2 aromatic rings. The monoisotopic (exact) mass is 322 g/mol. The van der Waals surface area contributed by atoms with Crippen molar-refractivity contribution >= 4 is 21.4 Å². The fourth-order valence-corrected chi connectivity index (χ4v) is 5.32. The van der Waals surface area contributed by atoms with Crippen LogP contribution in [0.25, 0.3) is 0 Å². The average Bonchev–Trinajstić information content (AvgIpc) is 3.12. The van der Waals surface area contributed by atoms with Gasteiger partial charge in [-0.2, -0.15) is 4.31 Å². The molecule has 0 atom stereocenters. The van der Waals surface area contributed by atoms with Gasteiger partial charge in [0.2, 0.25) is 0 Å². The summed E-state index contributed by atoms with van der Waals surface area (Å²) < 4.78 is 27.4. The zero-order chi connectivity index (χ0) is 14.9. The Balaban J connectivity index is 1.80. The summed E-state index contributed by atoms with van der Waals surface area (Å²) in [6.45, 7) is 4.57. The summed E-state index contributed by atoms with van der Waals surface area (Å²) in [5, 5.41) is 3.22. The predicted molar refractivity (Wildman–Crippen MR) is 84.6 cm³/mol. The van der Waals surface area contributed by atoms with Gasteiger partial charge in [-0.3, -0.25) is 0 Å². The molecule has 0 bridgehead atoms. The highest BCUT2D eigenvalue weighted by Gasteiger charge is 2.31. The van der Waals surface area contributed by atoms with E-state index in [1.54, 1.807) is 10.4 Å². The molecule has 21 heavy (non-hydrogen) atoms. The standard InChI is InChI=1S/C15H18N2O2S2/c1-2-16-9-14-7-8-15(20-14)21(18,19)17-10-12-5-3-4-6-13(12)11-17/h3-8,16H,2,9-11H2,1H3. The van der Waals surface area contributed by atoms with E-state index in [4.69, 9.17) is 0 Å². The van der Waals surface area contributed by atoms with Crippen LogP contribution in [0.5, 0.6) is 0 Å². The van der Waals surface area contributed by atoms with Crippen LogP contribution in [0.1, 0.15) is 22.9 Å². The van der Waals surface area contributed by atoms with E-state index in [2.05, 4.69) is 5.32 Å². The summed E-state index contributed by atoms with van der Waals surface area (Å²) in [6, 6.07) is 11.5. The molecule has 112 valence electrons. The third-order valence-electron chi connectivity index (χ3n) is 3.59. The molecule has 1 aliphatic heterocycles. The number of hydrogen-bond acceptors (Lipinski definition) is 4. The third kappa shape index (κ3) is 2.89. The first-order valence-electron chi connectivity index (χ1n) is 6.97. The lowest BCUT2D eigenvalue weighted by molar-refractivity contribution is 0.433. The molecule has 1 aromatic heterocycles. The molecule has 3 rings (SSSR count). The van der Waals surface area contributed by atoms with Gasteiger partial charge >= 0.3 is 0 Å². The van der Waals surface area contributed by atoms with Crippen molar-refractivity contribution in [1.29, 1.82) is 0 Å². The molecule has 0 amide bonds. The molecular weight excluding hydrogens is 304 g/mol. The van der Waals surface area contributed by atoms with Gasteiger partial charge in [-0.25, -0.2) is 8.42 Å². The van der Waals surface area contributed by atoms with Gasteiger partial charge in [0, 0.05) is 24.5 Å². The largest absolute Gasteiger partial charge is 0.312 e. The van der Waals surface area contributed by atoms with Crippen molar-refractivity contribution < 1.29 is 8.42 Å². The quantitative estimate of drug-likeness (QED) is 0.920. The summed E-state index contributed by atoms with van der Waals surface area (Å²) in [7, 11) is -3.39. The minimum atomic E-state index is -3.39. The van der Waals surface area contributed by atoms with E-state index in [0.717, 1.165) is 29.1 Å². The van der Waals surface area contributed by atoms with Crippen molar-refractivity contribution in [1.82, 2.24) is 9.62 Å². The van der Waals surface area contributed by atoms with Crippen LogP contribution in [0.2, 0.25) is 0 Å². The first-order chi connectivity index (χ1) is 10.1. The van der Waals surface area contributed by atoms with Crippen LogP contribution >= 0.6 is 11.3 Å². The summed E-state index contributed by atoms with van der Waals surface area (Å²) >= 11 is 1.35. The zero-order valence-corrected chi connectivity index (χ0v) is 13.5. The Morgan fingerprint density at radius 3 is 2.43 bits per heavy atom. The van der Waals surface area contributed by atoms with E-state index in [1.165, 1.54) is 11.3 Å². The summed E-state index contributed by atoms with van der Waals surface area (Å²) in [6.07, 6.45) is 0. The molecule has 0 aliphatic carbocycles. The van der Waals surface area contributed by atoms with Gasteiger partial charge in [-0.15, -0.1) is 11.3 Å². The van der Waals surface area contributed by atoms with Gasteiger partial charge < -0.3 is 5.32 Å². The number of nitrogens with one attached hydrogen (secondary N) is 1. The van der Waals surface area contributed by atoms with Crippen LogP contribution in [-0.2, 0) is 29.7 Å². The number of fused-ring (bicyclic) bond motifs is 1. The first kappa shape index (κ1) is 14.7. The summed E-state index contributed by atoms with van der Waals surface area (Å²) in [5.41, 5.74) is 2.20. The fraction of sp³-hybridized carbons (Fsp3) is 0.333. The lowest BCUT2D eigenvalue weighted by Gasteiger charge is -2.13. The van der Waals surface area contributed by atoms with Gasteiger partial charge in [0.1, 0.15) is 4.21 Å². The highest BCUT2D eigenvalue weighted by molar-refractivity contribution is 7.91. The van der Waals surface area contributed by atoms with E-state index in [1.807, 2.05) is 37.3 Å². The van der Waals surface area contributed by atoms with Crippen LogP contribution in [0, 0.1) is 0 Å². The van der Waals surface area contributed by atoms with Crippen LogP contribution < -0.4 is 5.32 Å². The van der Waals surface area contributed by atoms with Crippen LogP contribution in [0.4, 0.5) is 0 Å². The second-order valence-electron chi connectivity index (χ2n) is 5.04. The van der Waals surface area contributed by atoms with Gasteiger partial charge in [-0.05, 0) is 29.8 Å². The highest BCUT2D eigenvalue weighted by Crippen LogP contribution is 2.31. The molecule has 0 spiro atoms. The number of sulfonamides is 1. The van der Waals surface area contributed by atoms with Gasteiger partial charge in [0.15, 0.2) is 0 Å². The molecule has 0 saturated heterocycles. The van der Waals surface area contributed by atoms with E-state index in [0.29, 0.717) is 17.3 Å². The summed E-state index contributed by atoms with van der Waals surface area (Å²) in [5.74, 6) is 0. The maximum Gasteiger partial charge on any atom is 0.253 e. The molecule has 2 heterocycles. The Bertz CT molecular complexity index is 713. The van der Waals surface area contributed by atoms with Gasteiger partial charge in [0.25, 0.3) is 10.0 Å². The van der Waals surface area contributed by atoms with Crippen molar-refractivity contribution in [3.8, 4) is 0 Å². The first-order valence-corrected chi connectivity index (χ1v) is 9.23. The lowest BCUT2D eigenvalue weighted by Crippen LogP contribution is -2.24. The van der Waals surface area contributed by atoms with Crippen LogP contribution in [-0.4, -0.2) is 19.3 Å². The molecule has 1 aliphatic rings. The van der Waals surface area contributed by atoms with Crippen molar-refractivity contribution in [2.75, 3.05) is 6.54 Å². The normalized spacial score (nSPS) is 15.3. The van der Waals surface area contributed by atoms with Crippen LogP contribution in [0.3, 0.4) is 0 Å². The molecule has 0 unspecified atom stereocenters. The SMILES string of the molecule is CCNCc1ccc(S(=O)(=O)N2Cc3ccccc3C2)s1. The third-order valence-corrected chi connectivity index (χ3v) is 6.94. The number of nitrogens with zero attached hydrogens (tertiary/aromatic N) is 1. The van der Waals surface area contributed by atoms with E-state index >= 15 is 0 Å². The second-order valence-corrected chi connectivity index (χ2v) is 8.38. The molecule has 0 saturated carbocycles. The fourth-order valence-electron chi connectivity index (χ4n) is 2.44.